The Balaban J connectivity index is 1.92. The molecule has 0 bridgehead atoms. The molecule has 1 amide bonds. The number of anilines is 1. The fraction of sp³-hybridized carbons (Fsp3) is 0.227. The average Bonchev–Trinajstić information content (AvgIpc) is 2.74. The van der Waals surface area contributed by atoms with Crippen LogP contribution >= 0.6 is 0 Å². The molecule has 1 aromatic heterocycles. The maximum absolute atomic E-state index is 13.4. The van der Waals surface area contributed by atoms with Crippen molar-refractivity contribution in [3.05, 3.63) is 83.4 Å². The van der Waals surface area contributed by atoms with Gasteiger partial charge in [0.05, 0.1) is 29.0 Å². The molecule has 0 aliphatic carbocycles. The summed E-state index contributed by atoms with van der Waals surface area (Å²) >= 11 is 0. The lowest BCUT2D eigenvalue weighted by atomic mass is 10.1. The summed E-state index contributed by atoms with van der Waals surface area (Å²) in [4.78, 5) is 20.9. The molecule has 0 fully saturated rings. The van der Waals surface area contributed by atoms with Crippen molar-refractivity contribution in [3.63, 3.8) is 0 Å². The smallest absolute Gasteiger partial charge is 0.264 e. The normalized spacial score (nSPS) is 11.2. The average molecular weight is 425 g/mol. The minimum Gasteiger partial charge on any atom is -0.349 e. The number of benzene rings is 2. The van der Waals surface area contributed by atoms with Gasteiger partial charge >= 0.3 is 0 Å². The Bertz CT molecular complexity index is 1130. The number of aromatic nitrogens is 2. The van der Waals surface area contributed by atoms with E-state index in [1.807, 2.05) is 26.8 Å². The van der Waals surface area contributed by atoms with Crippen LogP contribution in [0.25, 0.3) is 0 Å². The summed E-state index contributed by atoms with van der Waals surface area (Å²) in [5.41, 5.74) is 3.76. The largest absolute Gasteiger partial charge is 0.349 e. The van der Waals surface area contributed by atoms with Crippen LogP contribution in [-0.4, -0.2) is 30.8 Å². The van der Waals surface area contributed by atoms with Gasteiger partial charge in [0.25, 0.3) is 10.0 Å². The summed E-state index contributed by atoms with van der Waals surface area (Å²) in [6.45, 7) is 5.46. The zero-order chi connectivity index (χ0) is 21.7. The first-order valence-corrected chi connectivity index (χ1v) is 10.9. The topological polar surface area (TPSA) is 92.3 Å². The highest BCUT2D eigenvalue weighted by atomic mass is 32.2. The molecular formula is C22H24N4O3S. The number of nitrogens with one attached hydrogen (secondary N) is 1. The highest BCUT2D eigenvalue weighted by Gasteiger charge is 2.28. The Morgan fingerprint density at radius 1 is 1.03 bits per heavy atom. The van der Waals surface area contributed by atoms with Crippen molar-refractivity contribution >= 4 is 21.6 Å². The molecule has 0 aliphatic rings. The van der Waals surface area contributed by atoms with Crippen LogP contribution in [0.3, 0.4) is 0 Å². The summed E-state index contributed by atoms with van der Waals surface area (Å²) in [6, 6.07) is 12.0. The molecule has 3 aromatic rings. The van der Waals surface area contributed by atoms with E-state index in [2.05, 4.69) is 15.3 Å². The number of carbonyl (C=O) groups is 1. The first kappa shape index (κ1) is 21.4. The maximum atomic E-state index is 13.4. The summed E-state index contributed by atoms with van der Waals surface area (Å²) < 4.78 is 28.0. The number of carbonyl (C=O) groups excluding carboxylic acids is 1. The molecule has 1 N–H and O–H groups in total. The van der Waals surface area contributed by atoms with Crippen LogP contribution in [0.15, 0.2) is 66.0 Å². The Labute approximate surface area is 176 Å². The molecule has 2 aromatic carbocycles. The highest BCUT2D eigenvalue weighted by molar-refractivity contribution is 7.92. The van der Waals surface area contributed by atoms with Gasteiger partial charge in [-0.1, -0.05) is 29.8 Å². The molecule has 7 nitrogen and oxygen atoms in total. The summed E-state index contributed by atoms with van der Waals surface area (Å²) in [7, 11) is -3.94. The van der Waals surface area contributed by atoms with E-state index >= 15 is 0 Å². The lowest BCUT2D eigenvalue weighted by molar-refractivity contribution is -0.119. The number of nitrogens with zero attached hydrogens (tertiary/aromatic N) is 3. The van der Waals surface area contributed by atoms with Crippen molar-refractivity contribution in [1.82, 2.24) is 15.3 Å². The zero-order valence-corrected chi connectivity index (χ0v) is 18.0. The van der Waals surface area contributed by atoms with E-state index in [0.717, 1.165) is 21.0 Å². The SMILES string of the molecule is Cc1ccc(S(=O)(=O)N(CC(=O)NCc2cnccn2)c2cccc(C)c2C)cc1. The number of rotatable bonds is 7. The second-order valence-electron chi connectivity index (χ2n) is 7.02. The number of hydrogen-bond donors (Lipinski definition) is 1. The van der Waals surface area contributed by atoms with Gasteiger partial charge < -0.3 is 5.32 Å². The van der Waals surface area contributed by atoms with E-state index < -0.39 is 15.9 Å². The molecule has 0 spiro atoms. The third-order valence-corrected chi connectivity index (χ3v) is 6.60. The van der Waals surface area contributed by atoms with Crippen molar-refractivity contribution in [1.29, 1.82) is 0 Å². The fourth-order valence-electron chi connectivity index (χ4n) is 2.94. The molecular weight excluding hydrogens is 400 g/mol. The van der Waals surface area contributed by atoms with Crippen LogP contribution < -0.4 is 9.62 Å². The molecule has 0 radical (unpaired) electrons. The van der Waals surface area contributed by atoms with Crippen LogP contribution in [0.2, 0.25) is 0 Å². The predicted octanol–water partition coefficient (Wildman–Crippen LogP) is 2.91. The first-order chi connectivity index (χ1) is 14.3. The van der Waals surface area contributed by atoms with E-state index in [4.69, 9.17) is 0 Å². The monoisotopic (exact) mass is 424 g/mol. The van der Waals surface area contributed by atoms with Crippen molar-refractivity contribution < 1.29 is 13.2 Å². The van der Waals surface area contributed by atoms with Crippen LogP contribution in [0.5, 0.6) is 0 Å². The van der Waals surface area contributed by atoms with E-state index in [-0.39, 0.29) is 18.0 Å². The Kier molecular flexibility index (Phi) is 6.47. The predicted molar refractivity (Wildman–Crippen MR) is 116 cm³/mol. The Morgan fingerprint density at radius 2 is 1.77 bits per heavy atom. The zero-order valence-electron chi connectivity index (χ0n) is 17.2. The van der Waals surface area contributed by atoms with Crippen LogP contribution in [-0.2, 0) is 21.4 Å². The van der Waals surface area contributed by atoms with Crippen LogP contribution in [0.1, 0.15) is 22.4 Å². The van der Waals surface area contributed by atoms with E-state index in [9.17, 15) is 13.2 Å². The van der Waals surface area contributed by atoms with Gasteiger partial charge in [0.15, 0.2) is 0 Å². The third kappa shape index (κ3) is 4.83. The van der Waals surface area contributed by atoms with Gasteiger partial charge in [-0.2, -0.15) is 0 Å². The van der Waals surface area contributed by atoms with Gasteiger partial charge in [-0.3, -0.25) is 19.1 Å². The number of aryl methyl sites for hydroxylation is 2. The molecule has 156 valence electrons. The van der Waals surface area contributed by atoms with Crippen molar-refractivity contribution in [2.24, 2.45) is 0 Å². The highest BCUT2D eigenvalue weighted by Crippen LogP contribution is 2.28. The molecule has 0 unspecified atom stereocenters. The molecule has 0 saturated heterocycles. The van der Waals surface area contributed by atoms with Crippen LogP contribution in [0.4, 0.5) is 5.69 Å². The Morgan fingerprint density at radius 3 is 2.43 bits per heavy atom. The van der Waals surface area contributed by atoms with Gasteiger partial charge in [-0.05, 0) is 50.1 Å². The van der Waals surface area contributed by atoms with Gasteiger partial charge in [0.2, 0.25) is 5.91 Å². The third-order valence-electron chi connectivity index (χ3n) is 4.82. The summed E-state index contributed by atoms with van der Waals surface area (Å²) in [5, 5.41) is 2.72. The van der Waals surface area contributed by atoms with Crippen molar-refractivity contribution in [3.8, 4) is 0 Å². The molecule has 8 heteroatoms. The van der Waals surface area contributed by atoms with Crippen LogP contribution in [0, 0.1) is 20.8 Å². The minimum atomic E-state index is -3.94. The van der Waals surface area contributed by atoms with Gasteiger partial charge in [-0.25, -0.2) is 8.42 Å². The molecule has 30 heavy (non-hydrogen) atoms. The van der Waals surface area contributed by atoms with Gasteiger partial charge in [0, 0.05) is 12.4 Å². The lowest BCUT2D eigenvalue weighted by Gasteiger charge is -2.26. The van der Waals surface area contributed by atoms with Crippen molar-refractivity contribution in [2.45, 2.75) is 32.2 Å². The fourth-order valence-corrected chi connectivity index (χ4v) is 4.42. The summed E-state index contributed by atoms with van der Waals surface area (Å²) in [6.07, 6.45) is 4.62. The molecule has 1 heterocycles. The standard InChI is InChI=1S/C22H24N4O3S/c1-16-7-9-20(10-8-16)30(28,29)26(21-6-4-5-17(2)18(21)3)15-22(27)25-14-19-13-23-11-12-24-19/h4-13H,14-15H2,1-3H3,(H,25,27). The first-order valence-electron chi connectivity index (χ1n) is 9.46. The molecule has 0 atom stereocenters. The molecule has 3 rings (SSSR count). The number of amides is 1. The minimum absolute atomic E-state index is 0.135. The van der Waals surface area contributed by atoms with E-state index in [1.165, 1.54) is 6.20 Å². The molecule has 0 saturated carbocycles. The number of hydrogen-bond acceptors (Lipinski definition) is 5. The quantitative estimate of drug-likeness (QED) is 0.630. The Hall–Kier alpha value is -3.26. The van der Waals surface area contributed by atoms with Crippen molar-refractivity contribution in [2.75, 3.05) is 10.8 Å². The van der Waals surface area contributed by atoms with Gasteiger partial charge in [0.1, 0.15) is 6.54 Å². The molecule has 0 aliphatic heterocycles. The van der Waals surface area contributed by atoms with E-state index in [0.29, 0.717) is 11.4 Å². The second-order valence-corrected chi connectivity index (χ2v) is 8.88. The van der Waals surface area contributed by atoms with Gasteiger partial charge in [-0.15, -0.1) is 0 Å². The summed E-state index contributed by atoms with van der Waals surface area (Å²) in [5.74, 6) is -0.433. The lowest BCUT2D eigenvalue weighted by Crippen LogP contribution is -2.41. The second kappa shape index (κ2) is 9.04. The van der Waals surface area contributed by atoms with E-state index in [1.54, 1.807) is 48.8 Å². The maximum Gasteiger partial charge on any atom is 0.264 e. The number of sulfonamides is 1.